The Kier molecular flexibility index (Phi) is 6.39. The highest BCUT2D eigenvalue weighted by atomic mass is 16.3. The zero-order valence-corrected chi connectivity index (χ0v) is 30.9. The summed E-state index contributed by atoms with van der Waals surface area (Å²) in [6.45, 7) is 9.72. The Morgan fingerprint density at radius 1 is 0.444 bits per heavy atom. The third-order valence-electron chi connectivity index (χ3n) is 12.4. The van der Waals surface area contributed by atoms with Gasteiger partial charge in [-0.2, -0.15) is 0 Å². The lowest BCUT2D eigenvalue weighted by atomic mass is 9.63. The summed E-state index contributed by atoms with van der Waals surface area (Å²) in [4.78, 5) is 2.42. The van der Waals surface area contributed by atoms with Gasteiger partial charge in [0, 0.05) is 32.9 Å². The molecule has 0 spiro atoms. The van der Waals surface area contributed by atoms with Crippen molar-refractivity contribution in [1.82, 2.24) is 0 Å². The van der Waals surface area contributed by atoms with Gasteiger partial charge in [0.1, 0.15) is 5.58 Å². The lowest BCUT2D eigenvalue weighted by Gasteiger charge is -2.39. The molecule has 0 amide bonds. The van der Waals surface area contributed by atoms with Crippen molar-refractivity contribution < 1.29 is 4.42 Å². The molecule has 0 aliphatic heterocycles. The molecule has 0 saturated carbocycles. The first kappa shape index (κ1) is 31.2. The van der Waals surface area contributed by atoms with Gasteiger partial charge in [-0.05, 0) is 91.2 Å². The molecule has 0 bridgehead atoms. The summed E-state index contributed by atoms with van der Waals surface area (Å²) in [5, 5.41) is 4.94. The zero-order valence-electron chi connectivity index (χ0n) is 30.9. The molecule has 2 aliphatic rings. The van der Waals surface area contributed by atoms with Crippen LogP contribution < -0.4 is 4.90 Å². The molecule has 0 unspecified atom stereocenters. The molecule has 1 heterocycles. The van der Waals surface area contributed by atoms with Crippen LogP contribution in [0.2, 0.25) is 0 Å². The average Bonchev–Trinajstić information content (AvgIpc) is 3.70. The molecule has 1 aromatic heterocycles. The van der Waals surface area contributed by atoms with Crippen LogP contribution in [-0.4, -0.2) is 0 Å². The summed E-state index contributed by atoms with van der Waals surface area (Å²) in [6.07, 6.45) is 0. The molecule has 0 radical (unpaired) electrons. The Morgan fingerprint density at radius 2 is 1.06 bits per heavy atom. The predicted molar refractivity (Wildman–Crippen MR) is 226 cm³/mol. The number of nitrogens with zero attached hydrogens (tertiary/aromatic N) is 1. The smallest absolute Gasteiger partial charge is 0.159 e. The van der Waals surface area contributed by atoms with Crippen molar-refractivity contribution in [2.24, 2.45) is 0 Å². The standard InChI is InChI=1S/C52H39NO/c1-51(2)42-23-13-18-33-17-12-21-38(47(33)42)40-30-29-39-36-28-27-34(31-43(36)52(3,4)48(39)49(40)51)53(44-24-10-8-19-35(44)32-15-6-5-7-16-32)45-25-14-22-41-37-20-9-11-26-46(37)54-50(41)45/h5-31H,1-4H3. The molecule has 2 nitrogen and oxygen atoms in total. The van der Waals surface area contributed by atoms with Gasteiger partial charge < -0.3 is 9.32 Å². The van der Waals surface area contributed by atoms with Crippen molar-refractivity contribution >= 4 is 49.8 Å². The number of para-hydroxylation sites is 3. The van der Waals surface area contributed by atoms with E-state index in [-0.39, 0.29) is 10.8 Å². The number of hydrogen-bond acceptors (Lipinski definition) is 2. The maximum atomic E-state index is 6.73. The van der Waals surface area contributed by atoms with Gasteiger partial charge in [0.15, 0.2) is 5.58 Å². The van der Waals surface area contributed by atoms with Crippen LogP contribution in [0, 0.1) is 0 Å². The van der Waals surface area contributed by atoms with Crippen LogP contribution in [0.4, 0.5) is 17.1 Å². The number of benzene rings is 8. The molecular formula is C52H39NO. The summed E-state index contributed by atoms with van der Waals surface area (Å²) in [5.74, 6) is 0. The van der Waals surface area contributed by atoms with Gasteiger partial charge in [0.2, 0.25) is 0 Å². The fourth-order valence-electron chi connectivity index (χ4n) is 9.98. The fourth-order valence-corrected chi connectivity index (χ4v) is 9.98. The first-order chi connectivity index (χ1) is 26.3. The van der Waals surface area contributed by atoms with Crippen molar-refractivity contribution in [2.45, 2.75) is 38.5 Å². The summed E-state index contributed by atoms with van der Waals surface area (Å²) >= 11 is 0. The van der Waals surface area contributed by atoms with Gasteiger partial charge in [-0.25, -0.2) is 0 Å². The van der Waals surface area contributed by atoms with E-state index in [9.17, 15) is 0 Å². The second kappa shape index (κ2) is 11.1. The van der Waals surface area contributed by atoms with E-state index < -0.39 is 0 Å². The van der Waals surface area contributed by atoms with Crippen LogP contribution in [0.25, 0.3) is 66.1 Å². The van der Waals surface area contributed by atoms with Gasteiger partial charge in [-0.15, -0.1) is 0 Å². The van der Waals surface area contributed by atoms with E-state index in [1.807, 2.05) is 6.07 Å². The van der Waals surface area contributed by atoms with Crippen molar-refractivity contribution in [2.75, 3.05) is 4.90 Å². The topological polar surface area (TPSA) is 16.4 Å². The van der Waals surface area contributed by atoms with Crippen molar-refractivity contribution in [3.63, 3.8) is 0 Å². The minimum Gasteiger partial charge on any atom is -0.454 e. The maximum absolute atomic E-state index is 6.73. The van der Waals surface area contributed by atoms with Crippen LogP contribution in [0.1, 0.15) is 49.9 Å². The van der Waals surface area contributed by atoms with Gasteiger partial charge >= 0.3 is 0 Å². The highest BCUT2D eigenvalue weighted by molar-refractivity contribution is 6.11. The molecule has 11 rings (SSSR count). The van der Waals surface area contributed by atoms with E-state index in [1.54, 1.807) is 0 Å². The highest BCUT2D eigenvalue weighted by Crippen LogP contribution is 2.59. The summed E-state index contributed by atoms with van der Waals surface area (Å²) in [6, 6.07) is 59.9. The summed E-state index contributed by atoms with van der Waals surface area (Å²) < 4.78 is 6.73. The van der Waals surface area contributed by atoms with Gasteiger partial charge in [0.25, 0.3) is 0 Å². The third kappa shape index (κ3) is 4.17. The summed E-state index contributed by atoms with van der Waals surface area (Å²) in [5.41, 5.74) is 17.9. The lowest BCUT2D eigenvalue weighted by molar-refractivity contribution is 0.591. The van der Waals surface area contributed by atoms with Crippen molar-refractivity contribution in [1.29, 1.82) is 0 Å². The van der Waals surface area contributed by atoms with Crippen LogP contribution in [0.5, 0.6) is 0 Å². The average molecular weight is 694 g/mol. The van der Waals surface area contributed by atoms with E-state index >= 15 is 0 Å². The predicted octanol–water partition coefficient (Wildman–Crippen LogP) is 14.5. The fraction of sp³-hybridized carbons (Fsp3) is 0.115. The van der Waals surface area contributed by atoms with Crippen LogP contribution >= 0.6 is 0 Å². The molecule has 9 aromatic rings. The molecule has 0 fully saturated rings. The molecular weight excluding hydrogens is 655 g/mol. The van der Waals surface area contributed by atoms with Gasteiger partial charge in [-0.1, -0.05) is 161 Å². The Balaban J connectivity index is 1.16. The Morgan fingerprint density at radius 3 is 1.89 bits per heavy atom. The molecule has 0 atom stereocenters. The van der Waals surface area contributed by atoms with Crippen LogP contribution in [0.15, 0.2) is 168 Å². The molecule has 2 heteroatoms. The molecule has 0 saturated heterocycles. The largest absolute Gasteiger partial charge is 0.454 e. The maximum Gasteiger partial charge on any atom is 0.159 e. The van der Waals surface area contributed by atoms with Gasteiger partial charge in [-0.3, -0.25) is 0 Å². The third-order valence-corrected chi connectivity index (χ3v) is 12.4. The minimum absolute atomic E-state index is 0.172. The SMILES string of the molecule is CC1(C)c2cc(N(c3ccccc3-c3ccccc3)c3cccc4c3oc3ccccc34)ccc2-c2ccc3c(c21)C(C)(C)c1cccc2cccc-3c12. The number of anilines is 3. The molecule has 0 N–H and O–H groups in total. The second-order valence-electron chi connectivity index (χ2n) is 16.1. The number of furan rings is 1. The molecule has 8 aromatic carbocycles. The Hall–Kier alpha value is -6.38. The first-order valence-electron chi connectivity index (χ1n) is 19.0. The Labute approximate surface area is 315 Å². The van der Waals surface area contributed by atoms with E-state index in [2.05, 4.69) is 190 Å². The van der Waals surface area contributed by atoms with E-state index in [1.165, 1.54) is 60.8 Å². The van der Waals surface area contributed by atoms with E-state index in [0.717, 1.165) is 44.6 Å². The molecule has 2 aliphatic carbocycles. The molecule has 54 heavy (non-hydrogen) atoms. The second-order valence-corrected chi connectivity index (χ2v) is 16.1. The molecule has 258 valence electrons. The zero-order chi connectivity index (χ0) is 36.3. The van der Waals surface area contributed by atoms with E-state index in [0.29, 0.717) is 0 Å². The van der Waals surface area contributed by atoms with Crippen LogP contribution in [-0.2, 0) is 10.8 Å². The monoisotopic (exact) mass is 693 g/mol. The van der Waals surface area contributed by atoms with E-state index in [4.69, 9.17) is 4.42 Å². The number of fused-ring (bicyclic) bond motifs is 9. The van der Waals surface area contributed by atoms with Crippen LogP contribution in [0.3, 0.4) is 0 Å². The minimum atomic E-state index is -0.251. The number of hydrogen-bond donors (Lipinski definition) is 0. The van der Waals surface area contributed by atoms with Crippen molar-refractivity contribution in [3.8, 4) is 33.4 Å². The lowest BCUT2D eigenvalue weighted by Crippen LogP contribution is -2.29. The van der Waals surface area contributed by atoms with Crippen molar-refractivity contribution in [3.05, 3.63) is 186 Å². The quantitative estimate of drug-likeness (QED) is 0.182. The highest BCUT2D eigenvalue weighted by Gasteiger charge is 2.44. The normalized spacial score (nSPS) is 14.6. The number of rotatable bonds is 4. The Bertz CT molecular complexity index is 2990. The summed E-state index contributed by atoms with van der Waals surface area (Å²) in [7, 11) is 0. The first-order valence-corrected chi connectivity index (χ1v) is 19.0. The van der Waals surface area contributed by atoms with Gasteiger partial charge in [0.05, 0.1) is 11.4 Å².